The molecule has 0 fully saturated rings. The third kappa shape index (κ3) is 3.55. The lowest BCUT2D eigenvalue weighted by Gasteiger charge is -2.08. The first kappa shape index (κ1) is 11.3. The maximum Gasteiger partial charge on any atom is 0.0585 e. The fraction of sp³-hybridized carbons (Fsp3) is 0.400. The van der Waals surface area contributed by atoms with Crippen LogP contribution in [0, 0.1) is 0 Å². The number of halogens is 1. The lowest BCUT2D eigenvalue weighted by Crippen LogP contribution is -2.04. The van der Waals surface area contributed by atoms with Crippen LogP contribution in [0.5, 0.6) is 0 Å². The Bertz CT molecular complexity index is 291. The smallest absolute Gasteiger partial charge is 0.0585 e. The van der Waals surface area contributed by atoms with Crippen LogP contribution in [0.3, 0.4) is 0 Å². The Balaban J connectivity index is 2.45. The number of nitrogens with two attached hydrogens (primary N) is 1. The average molecular weight is 259 g/mol. The average Bonchev–Trinajstić information content (AvgIpc) is 2.18. The molecule has 0 aliphatic carbocycles. The highest BCUT2D eigenvalue weighted by molar-refractivity contribution is 9.10. The van der Waals surface area contributed by atoms with Crippen LogP contribution in [-0.4, -0.2) is 18.3 Å². The molecule has 0 amide bonds. The molecule has 3 nitrogen and oxygen atoms in total. The van der Waals surface area contributed by atoms with Crippen molar-refractivity contribution in [3.63, 3.8) is 0 Å². The van der Waals surface area contributed by atoms with Crippen molar-refractivity contribution in [3.8, 4) is 0 Å². The molecular formula is C10H15BrN2O. The third-order valence-corrected chi connectivity index (χ3v) is 2.41. The summed E-state index contributed by atoms with van der Waals surface area (Å²) in [5.74, 6) is 0. The van der Waals surface area contributed by atoms with Crippen LogP contribution >= 0.6 is 15.9 Å². The van der Waals surface area contributed by atoms with E-state index in [1.165, 1.54) is 0 Å². The van der Waals surface area contributed by atoms with Gasteiger partial charge in [0.15, 0.2) is 0 Å². The SMILES string of the molecule is Nc1ccc(Br)cc1NCCCCO. The van der Waals surface area contributed by atoms with Crippen molar-refractivity contribution >= 4 is 27.3 Å². The number of hydrogen-bond acceptors (Lipinski definition) is 3. The van der Waals surface area contributed by atoms with E-state index < -0.39 is 0 Å². The molecule has 4 N–H and O–H groups in total. The summed E-state index contributed by atoms with van der Waals surface area (Å²) >= 11 is 3.38. The monoisotopic (exact) mass is 258 g/mol. The van der Waals surface area contributed by atoms with Crippen molar-refractivity contribution in [1.82, 2.24) is 0 Å². The second-order valence-corrected chi connectivity index (χ2v) is 4.00. The molecule has 14 heavy (non-hydrogen) atoms. The summed E-state index contributed by atoms with van der Waals surface area (Å²) in [6.45, 7) is 1.08. The van der Waals surface area contributed by atoms with Crippen LogP contribution in [0.4, 0.5) is 11.4 Å². The predicted octanol–water partition coefficient (Wildman–Crippen LogP) is 2.22. The normalized spacial score (nSPS) is 10.1. The number of hydrogen-bond donors (Lipinski definition) is 3. The van der Waals surface area contributed by atoms with Gasteiger partial charge in [-0.3, -0.25) is 0 Å². The summed E-state index contributed by atoms with van der Waals surface area (Å²) in [4.78, 5) is 0. The Labute approximate surface area is 92.4 Å². The molecule has 4 heteroatoms. The van der Waals surface area contributed by atoms with Crippen LogP contribution in [-0.2, 0) is 0 Å². The van der Waals surface area contributed by atoms with E-state index in [0.29, 0.717) is 0 Å². The molecular weight excluding hydrogens is 244 g/mol. The second kappa shape index (κ2) is 5.88. The number of anilines is 2. The number of aliphatic hydroxyl groups is 1. The van der Waals surface area contributed by atoms with E-state index in [1.807, 2.05) is 18.2 Å². The number of unbranched alkanes of at least 4 members (excludes halogenated alkanes) is 1. The number of aliphatic hydroxyl groups excluding tert-OH is 1. The van der Waals surface area contributed by atoms with Gasteiger partial charge in [0, 0.05) is 17.6 Å². The first-order chi connectivity index (χ1) is 6.74. The largest absolute Gasteiger partial charge is 0.397 e. The van der Waals surface area contributed by atoms with Crippen LogP contribution in [0.15, 0.2) is 22.7 Å². The highest BCUT2D eigenvalue weighted by Crippen LogP contribution is 2.23. The van der Waals surface area contributed by atoms with E-state index in [4.69, 9.17) is 10.8 Å². The zero-order valence-corrected chi connectivity index (χ0v) is 9.55. The van der Waals surface area contributed by atoms with E-state index in [2.05, 4.69) is 21.2 Å². The molecule has 0 aliphatic rings. The summed E-state index contributed by atoms with van der Waals surface area (Å²) in [7, 11) is 0. The van der Waals surface area contributed by atoms with Gasteiger partial charge in [-0.1, -0.05) is 15.9 Å². The molecule has 1 aromatic carbocycles. The summed E-state index contributed by atoms with van der Waals surface area (Å²) < 4.78 is 1.01. The molecule has 0 saturated carbocycles. The Morgan fingerprint density at radius 3 is 2.86 bits per heavy atom. The predicted molar refractivity (Wildman–Crippen MR) is 63.4 cm³/mol. The van der Waals surface area contributed by atoms with Crippen molar-refractivity contribution in [2.24, 2.45) is 0 Å². The zero-order valence-electron chi connectivity index (χ0n) is 7.96. The fourth-order valence-electron chi connectivity index (χ4n) is 1.14. The highest BCUT2D eigenvalue weighted by Gasteiger charge is 1.98. The van der Waals surface area contributed by atoms with E-state index >= 15 is 0 Å². The Kier molecular flexibility index (Phi) is 4.76. The summed E-state index contributed by atoms with van der Waals surface area (Å²) in [5.41, 5.74) is 7.46. The number of rotatable bonds is 5. The molecule has 0 aromatic heterocycles. The van der Waals surface area contributed by atoms with Gasteiger partial charge in [0.05, 0.1) is 11.4 Å². The van der Waals surface area contributed by atoms with Crippen molar-refractivity contribution in [1.29, 1.82) is 0 Å². The second-order valence-electron chi connectivity index (χ2n) is 3.09. The van der Waals surface area contributed by atoms with E-state index in [-0.39, 0.29) is 6.61 Å². The zero-order chi connectivity index (χ0) is 10.4. The van der Waals surface area contributed by atoms with E-state index in [0.717, 1.165) is 35.2 Å². The number of nitrogens with one attached hydrogen (secondary N) is 1. The van der Waals surface area contributed by atoms with E-state index in [1.54, 1.807) is 0 Å². The van der Waals surface area contributed by atoms with Crippen molar-refractivity contribution in [2.75, 3.05) is 24.2 Å². The lowest BCUT2D eigenvalue weighted by molar-refractivity contribution is 0.286. The Morgan fingerprint density at radius 2 is 2.14 bits per heavy atom. The van der Waals surface area contributed by atoms with Gasteiger partial charge in [0.1, 0.15) is 0 Å². The molecule has 0 aliphatic heterocycles. The van der Waals surface area contributed by atoms with Gasteiger partial charge < -0.3 is 16.2 Å². The standard InChI is InChI=1S/C10H15BrN2O/c11-8-3-4-9(12)10(7-8)13-5-1-2-6-14/h3-4,7,13-14H,1-2,5-6,12H2. The minimum absolute atomic E-state index is 0.246. The molecule has 78 valence electrons. The van der Waals surface area contributed by atoms with Gasteiger partial charge in [-0.2, -0.15) is 0 Å². The minimum Gasteiger partial charge on any atom is -0.397 e. The molecule has 1 aromatic rings. The molecule has 0 bridgehead atoms. The minimum atomic E-state index is 0.246. The highest BCUT2D eigenvalue weighted by atomic mass is 79.9. The maximum atomic E-state index is 8.60. The molecule has 0 heterocycles. The van der Waals surface area contributed by atoms with Crippen molar-refractivity contribution < 1.29 is 5.11 Å². The quantitative estimate of drug-likeness (QED) is 0.561. The summed E-state index contributed by atoms with van der Waals surface area (Å²) in [6, 6.07) is 5.72. The fourth-order valence-corrected chi connectivity index (χ4v) is 1.50. The molecule has 0 radical (unpaired) electrons. The maximum absolute atomic E-state index is 8.60. The Morgan fingerprint density at radius 1 is 1.36 bits per heavy atom. The lowest BCUT2D eigenvalue weighted by atomic mass is 10.2. The van der Waals surface area contributed by atoms with Gasteiger partial charge in [-0.15, -0.1) is 0 Å². The van der Waals surface area contributed by atoms with Gasteiger partial charge in [0.25, 0.3) is 0 Å². The molecule has 1 rings (SSSR count). The Hall–Kier alpha value is -0.740. The van der Waals surface area contributed by atoms with Crippen molar-refractivity contribution in [3.05, 3.63) is 22.7 Å². The van der Waals surface area contributed by atoms with Crippen LogP contribution < -0.4 is 11.1 Å². The van der Waals surface area contributed by atoms with Gasteiger partial charge in [-0.05, 0) is 31.0 Å². The molecule has 0 atom stereocenters. The first-order valence-corrected chi connectivity index (χ1v) is 5.43. The van der Waals surface area contributed by atoms with E-state index in [9.17, 15) is 0 Å². The summed E-state index contributed by atoms with van der Waals surface area (Å²) in [5, 5.41) is 11.8. The van der Waals surface area contributed by atoms with Gasteiger partial charge in [-0.25, -0.2) is 0 Å². The van der Waals surface area contributed by atoms with Gasteiger partial charge >= 0.3 is 0 Å². The van der Waals surface area contributed by atoms with Crippen LogP contribution in [0.1, 0.15) is 12.8 Å². The van der Waals surface area contributed by atoms with Crippen LogP contribution in [0.25, 0.3) is 0 Å². The molecule has 0 spiro atoms. The molecule has 0 saturated heterocycles. The third-order valence-electron chi connectivity index (χ3n) is 1.92. The number of benzene rings is 1. The molecule has 0 unspecified atom stereocenters. The van der Waals surface area contributed by atoms with Crippen molar-refractivity contribution in [2.45, 2.75) is 12.8 Å². The topological polar surface area (TPSA) is 58.3 Å². The van der Waals surface area contributed by atoms with Gasteiger partial charge in [0.2, 0.25) is 0 Å². The van der Waals surface area contributed by atoms with Crippen LogP contribution in [0.2, 0.25) is 0 Å². The summed E-state index contributed by atoms with van der Waals surface area (Å²) in [6.07, 6.45) is 1.77. The first-order valence-electron chi connectivity index (χ1n) is 4.64. The number of nitrogen functional groups attached to an aromatic ring is 1.